The third-order valence-corrected chi connectivity index (χ3v) is 3.05. The maximum absolute atomic E-state index is 12.1. The monoisotopic (exact) mass is 276 g/mol. The molecule has 1 amide bonds. The number of hydrogen-bond donors (Lipinski definition) is 3. The molecule has 0 bridgehead atoms. The van der Waals surface area contributed by atoms with Crippen LogP contribution < -0.4 is 11.1 Å². The summed E-state index contributed by atoms with van der Waals surface area (Å²) in [4.78, 5) is 12.1. The minimum absolute atomic E-state index is 0.116. The number of aromatic hydroxyl groups is 1. The van der Waals surface area contributed by atoms with E-state index >= 15 is 0 Å². The Kier molecular flexibility index (Phi) is 3.62. The van der Waals surface area contributed by atoms with Crippen molar-refractivity contribution >= 4 is 28.9 Å². The number of rotatable bonds is 2. The third kappa shape index (κ3) is 2.80. The first kappa shape index (κ1) is 13.2. The quantitative estimate of drug-likeness (QED) is 0.737. The van der Waals surface area contributed by atoms with Crippen molar-refractivity contribution < 1.29 is 9.90 Å². The molecule has 0 aliphatic heterocycles. The fourth-order valence-corrected chi connectivity index (χ4v) is 1.93. The average molecular weight is 277 g/mol. The van der Waals surface area contributed by atoms with Crippen LogP contribution in [-0.4, -0.2) is 11.0 Å². The number of halogens is 1. The first-order valence-electron chi connectivity index (χ1n) is 5.64. The van der Waals surface area contributed by atoms with Crippen LogP contribution in [0, 0.1) is 6.92 Å². The molecule has 4 nitrogen and oxygen atoms in total. The first-order valence-corrected chi connectivity index (χ1v) is 6.02. The number of nitrogens with two attached hydrogens (primary N) is 1. The number of aryl methyl sites for hydroxylation is 1. The maximum Gasteiger partial charge on any atom is 0.259 e. The summed E-state index contributed by atoms with van der Waals surface area (Å²) in [5, 5.41) is 12.5. The van der Waals surface area contributed by atoms with Gasteiger partial charge in [0.05, 0.1) is 10.6 Å². The van der Waals surface area contributed by atoms with Gasteiger partial charge >= 0.3 is 0 Å². The second kappa shape index (κ2) is 5.20. The largest absolute Gasteiger partial charge is 0.508 e. The lowest BCUT2D eigenvalue weighted by molar-refractivity contribution is 0.102. The van der Waals surface area contributed by atoms with E-state index in [1.165, 1.54) is 6.07 Å². The van der Waals surface area contributed by atoms with E-state index in [1.807, 2.05) is 0 Å². The molecule has 2 aromatic rings. The Morgan fingerprint density at radius 3 is 2.68 bits per heavy atom. The molecule has 4 N–H and O–H groups in total. The topological polar surface area (TPSA) is 75.4 Å². The van der Waals surface area contributed by atoms with Gasteiger partial charge in [-0.15, -0.1) is 0 Å². The molecule has 0 saturated heterocycles. The molecule has 19 heavy (non-hydrogen) atoms. The van der Waals surface area contributed by atoms with Crippen molar-refractivity contribution in [3.05, 3.63) is 52.5 Å². The van der Waals surface area contributed by atoms with Gasteiger partial charge in [0, 0.05) is 17.4 Å². The van der Waals surface area contributed by atoms with Gasteiger partial charge in [-0.3, -0.25) is 4.79 Å². The van der Waals surface area contributed by atoms with Gasteiger partial charge < -0.3 is 16.2 Å². The number of phenolic OH excluding ortho intramolecular Hbond substituents is 1. The fourth-order valence-electron chi connectivity index (χ4n) is 1.66. The molecule has 0 radical (unpaired) electrons. The standard InChI is InChI=1S/C14H13ClN2O2/c1-8-5-6-9(7-12(8)18)17-14(19)13-10(15)3-2-4-11(13)16/h2-7,18H,16H2,1H3,(H,17,19). The SMILES string of the molecule is Cc1ccc(NC(=O)c2c(N)cccc2Cl)cc1O. The molecule has 0 aliphatic rings. The predicted octanol–water partition coefficient (Wildman–Crippen LogP) is 3.19. The van der Waals surface area contributed by atoms with Gasteiger partial charge in [0.25, 0.3) is 5.91 Å². The Labute approximate surface area is 115 Å². The number of nitrogen functional groups attached to an aromatic ring is 1. The summed E-state index contributed by atoms with van der Waals surface area (Å²) in [6.45, 7) is 1.77. The highest BCUT2D eigenvalue weighted by Crippen LogP contribution is 2.25. The first-order chi connectivity index (χ1) is 8.99. The molecule has 0 atom stereocenters. The van der Waals surface area contributed by atoms with E-state index in [-0.39, 0.29) is 16.3 Å². The Hall–Kier alpha value is -2.20. The second-order valence-corrected chi connectivity index (χ2v) is 4.57. The number of amides is 1. The number of benzene rings is 2. The van der Waals surface area contributed by atoms with Gasteiger partial charge in [0.1, 0.15) is 5.75 Å². The van der Waals surface area contributed by atoms with Gasteiger partial charge in [0.15, 0.2) is 0 Å². The molecule has 0 aliphatic carbocycles. The number of carbonyl (C=O) groups excluding carboxylic acids is 1. The number of hydrogen-bond acceptors (Lipinski definition) is 3. The van der Waals surface area contributed by atoms with Crippen LogP contribution in [-0.2, 0) is 0 Å². The number of anilines is 2. The van der Waals surface area contributed by atoms with Gasteiger partial charge in [-0.2, -0.15) is 0 Å². The molecular formula is C14H13ClN2O2. The fraction of sp³-hybridized carbons (Fsp3) is 0.0714. The summed E-state index contributed by atoms with van der Waals surface area (Å²) >= 11 is 5.96. The number of phenols is 1. The zero-order valence-electron chi connectivity index (χ0n) is 10.3. The summed E-state index contributed by atoms with van der Waals surface area (Å²) in [7, 11) is 0. The lowest BCUT2D eigenvalue weighted by Gasteiger charge is -2.10. The molecule has 0 heterocycles. The van der Waals surface area contributed by atoms with Crippen molar-refractivity contribution in [2.24, 2.45) is 0 Å². The van der Waals surface area contributed by atoms with Crippen molar-refractivity contribution in [2.75, 3.05) is 11.1 Å². The number of nitrogens with one attached hydrogen (secondary N) is 1. The van der Waals surface area contributed by atoms with Crippen LogP contribution in [0.3, 0.4) is 0 Å². The molecule has 2 aromatic carbocycles. The average Bonchev–Trinajstić information content (AvgIpc) is 2.33. The van der Waals surface area contributed by atoms with Crippen LogP contribution in [0.1, 0.15) is 15.9 Å². The van der Waals surface area contributed by atoms with Crippen LogP contribution in [0.2, 0.25) is 5.02 Å². The van der Waals surface area contributed by atoms with Gasteiger partial charge in [-0.25, -0.2) is 0 Å². The van der Waals surface area contributed by atoms with Crippen LogP contribution in [0.4, 0.5) is 11.4 Å². The molecule has 0 aromatic heterocycles. The highest BCUT2D eigenvalue weighted by Gasteiger charge is 2.14. The molecule has 0 spiro atoms. The Morgan fingerprint density at radius 1 is 1.32 bits per heavy atom. The van der Waals surface area contributed by atoms with Gasteiger partial charge in [0.2, 0.25) is 0 Å². The maximum atomic E-state index is 12.1. The Morgan fingerprint density at radius 2 is 2.05 bits per heavy atom. The van der Waals surface area contributed by atoms with Gasteiger partial charge in [-0.05, 0) is 30.7 Å². The highest BCUT2D eigenvalue weighted by molar-refractivity contribution is 6.35. The zero-order valence-corrected chi connectivity index (χ0v) is 11.0. The van der Waals surface area contributed by atoms with E-state index < -0.39 is 5.91 Å². The van der Waals surface area contributed by atoms with E-state index in [4.69, 9.17) is 17.3 Å². The van der Waals surface area contributed by atoms with E-state index in [2.05, 4.69) is 5.32 Å². The predicted molar refractivity (Wildman–Crippen MR) is 76.7 cm³/mol. The normalized spacial score (nSPS) is 10.2. The van der Waals surface area contributed by atoms with E-state index in [9.17, 15) is 9.90 Å². The molecule has 5 heteroatoms. The summed E-state index contributed by atoms with van der Waals surface area (Å²) in [5.74, 6) is -0.295. The molecular weight excluding hydrogens is 264 g/mol. The summed E-state index contributed by atoms with van der Waals surface area (Å²) in [6.07, 6.45) is 0. The summed E-state index contributed by atoms with van der Waals surface area (Å²) in [6, 6.07) is 9.75. The minimum Gasteiger partial charge on any atom is -0.508 e. The van der Waals surface area contributed by atoms with Crippen LogP contribution in [0.15, 0.2) is 36.4 Å². The lowest BCUT2D eigenvalue weighted by Crippen LogP contribution is -2.14. The highest BCUT2D eigenvalue weighted by atomic mass is 35.5. The van der Waals surface area contributed by atoms with Crippen molar-refractivity contribution in [3.63, 3.8) is 0 Å². The zero-order chi connectivity index (χ0) is 14.0. The molecule has 98 valence electrons. The number of carbonyl (C=O) groups is 1. The molecule has 0 fully saturated rings. The molecule has 0 unspecified atom stereocenters. The Balaban J connectivity index is 2.28. The molecule has 0 saturated carbocycles. The smallest absolute Gasteiger partial charge is 0.259 e. The van der Waals surface area contributed by atoms with E-state index in [1.54, 1.807) is 37.3 Å². The Bertz CT molecular complexity index is 621. The van der Waals surface area contributed by atoms with Crippen LogP contribution >= 0.6 is 11.6 Å². The van der Waals surface area contributed by atoms with Crippen LogP contribution in [0.5, 0.6) is 5.75 Å². The van der Waals surface area contributed by atoms with E-state index in [0.29, 0.717) is 11.4 Å². The van der Waals surface area contributed by atoms with Crippen molar-refractivity contribution in [3.8, 4) is 5.75 Å². The van der Waals surface area contributed by atoms with E-state index in [0.717, 1.165) is 5.56 Å². The van der Waals surface area contributed by atoms with Crippen molar-refractivity contribution in [1.29, 1.82) is 0 Å². The minimum atomic E-state index is -0.411. The molecule has 2 rings (SSSR count). The van der Waals surface area contributed by atoms with Crippen molar-refractivity contribution in [1.82, 2.24) is 0 Å². The summed E-state index contributed by atoms with van der Waals surface area (Å²) < 4.78 is 0. The van der Waals surface area contributed by atoms with Crippen LogP contribution in [0.25, 0.3) is 0 Å². The van der Waals surface area contributed by atoms with Gasteiger partial charge in [-0.1, -0.05) is 23.7 Å². The second-order valence-electron chi connectivity index (χ2n) is 4.16. The summed E-state index contributed by atoms with van der Waals surface area (Å²) in [5.41, 5.74) is 7.48. The van der Waals surface area contributed by atoms with Crippen molar-refractivity contribution in [2.45, 2.75) is 6.92 Å². The third-order valence-electron chi connectivity index (χ3n) is 2.74. The lowest BCUT2D eigenvalue weighted by atomic mass is 10.1.